The maximum absolute atomic E-state index is 9.45. The molecule has 2 heterocycles. The van der Waals surface area contributed by atoms with Crippen molar-refractivity contribution in [1.82, 2.24) is 30.4 Å². The van der Waals surface area contributed by atoms with E-state index >= 15 is 0 Å². The Bertz CT molecular complexity index is 1470. The number of benzene rings is 2. The van der Waals surface area contributed by atoms with Gasteiger partial charge in [0.2, 0.25) is 11.9 Å². The molecular formula is C19H16BBr3Cl4N10O2. The van der Waals surface area contributed by atoms with Gasteiger partial charge in [0.05, 0.1) is 27.2 Å². The molecule has 39 heavy (non-hydrogen) atoms. The van der Waals surface area contributed by atoms with Gasteiger partial charge in [-0.3, -0.25) is 0 Å². The highest BCUT2D eigenvalue weighted by atomic mass is 79.9. The van der Waals surface area contributed by atoms with E-state index in [1.54, 1.807) is 12.1 Å². The van der Waals surface area contributed by atoms with Crippen LogP contribution in [-0.4, -0.2) is 45.8 Å². The average Bonchev–Trinajstić information content (AvgIpc) is 2.84. The number of aromatic hydroxyl groups is 1. The van der Waals surface area contributed by atoms with Crippen LogP contribution in [-0.2, 0) is 0 Å². The molecule has 20 heteroatoms. The number of rotatable bonds is 3. The minimum absolute atomic E-state index is 0.0126. The third-order valence-electron chi connectivity index (χ3n) is 4.22. The number of ether oxygens (including phenoxy) is 1. The number of aromatic nitrogens is 6. The van der Waals surface area contributed by atoms with Crippen LogP contribution in [0.4, 0.5) is 23.5 Å². The van der Waals surface area contributed by atoms with E-state index in [0.717, 1.165) is 0 Å². The van der Waals surface area contributed by atoms with Gasteiger partial charge in [0.15, 0.2) is 11.6 Å². The van der Waals surface area contributed by atoms with Crippen molar-refractivity contribution < 1.29 is 9.84 Å². The van der Waals surface area contributed by atoms with E-state index < -0.39 is 0 Å². The summed E-state index contributed by atoms with van der Waals surface area (Å²) in [4.78, 5) is 7.56. The van der Waals surface area contributed by atoms with Gasteiger partial charge in [0.1, 0.15) is 22.9 Å². The molecule has 0 bridgehead atoms. The molecule has 0 aliphatic carbocycles. The summed E-state index contributed by atoms with van der Waals surface area (Å²) in [5.74, 6) is 0.578. The Balaban J connectivity index is 0.000000241. The number of phenolic OH excluding ortho intramolecular Hbond substituents is 1. The SMILES string of the molecule is BrB(Br)Br.COc1cc(Cl)c(Cl)c(-c2nnc(N)nc2N)c1.Nc1nnc(-c2cc(O)cc(Cl)c2Cl)c(N)n1. The fraction of sp³-hybridized carbons (Fsp3) is 0.0526. The number of halogens is 7. The number of nitrogen functional groups attached to an aromatic ring is 4. The van der Waals surface area contributed by atoms with E-state index in [1.807, 2.05) is 0 Å². The van der Waals surface area contributed by atoms with Gasteiger partial charge in [-0.25, -0.2) is 0 Å². The van der Waals surface area contributed by atoms with Gasteiger partial charge in [-0.15, -0.1) is 67.7 Å². The molecule has 0 fully saturated rings. The van der Waals surface area contributed by atoms with Crippen LogP contribution in [0.5, 0.6) is 11.5 Å². The molecule has 2 aromatic heterocycles. The Morgan fingerprint density at radius 3 is 1.54 bits per heavy atom. The lowest BCUT2D eigenvalue weighted by Crippen LogP contribution is -2.04. The van der Waals surface area contributed by atoms with Crippen molar-refractivity contribution in [3.05, 3.63) is 44.4 Å². The Hall–Kier alpha value is -2.08. The van der Waals surface area contributed by atoms with Gasteiger partial charge in [-0.1, -0.05) is 46.4 Å². The first-order chi connectivity index (χ1) is 18.2. The van der Waals surface area contributed by atoms with E-state index in [2.05, 4.69) is 77.6 Å². The molecular weight excluding hydrogens is 793 g/mol. The third kappa shape index (κ3) is 9.51. The molecule has 0 radical (unpaired) electrons. The van der Waals surface area contributed by atoms with Gasteiger partial charge in [0, 0.05) is 23.3 Å². The van der Waals surface area contributed by atoms with Crippen molar-refractivity contribution in [1.29, 1.82) is 0 Å². The molecule has 0 atom stereocenters. The molecule has 206 valence electrons. The van der Waals surface area contributed by atoms with E-state index in [-0.39, 0.29) is 48.2 Å². The number of phenols is 1. The first-order valence-electron chi connectivity index (χ1n) is 9.90. The Kier molecular flexibility index (Phi) is 12.8. The van der Waals surface area contributed by atoms with Crippen molar-refractivity contribution in [3.8, 4) is 34.0 Å². The molecule has 0 saturated carbocycles. The topological polar surface area (TPSA) is 211 Å². The zero-order chi connectivity index (χ0) is 29.4. The summed E-state index contributed by atoms with van der Waals surface area (Å²) in [5, 5.41) is 25.3. The summed E-state index contributed by atoms with van der Waals surface area (Å²) in [6.45, 7) is 0. The molecule has 0 spiro atoms. The van der Waals surface area contributed by atoms with Crippen LogP contribution < -0.4 is 27.7 Å². The summed E-state index contributed by atoms with van der Waals surface area (Å²) < 4.78 is 5.37. The van der Waals surface area contributed by atoms with Gasteiger partial charge < -0.3 is 32.8 Å². The average molecular weight is 809 g/mol. The zero-order valence-electron chi connectivity index (χ0n) is 19.4. The summed E-state index contributed by atoms with van der Waals surface area (Å²) in [6, 6.07) is 5.91. The summed E-state index contributed by atoms with van der Waals surface area (Å²) >= 11 is 33.2. The predicted octanol–water partition coefficient (Wildman–Crippen LogP) is 5.89. The summed E-state index contributed by atoms with van der Waals surface area (Å²) in [6.07, 6.45) is 0. The highest BCUT2D eigenvalue weighted by molar-refractivity contribution is 9.69. The van der Waals surface area contributed by atoms with Gasteiger partial charge in [0.25, 0.3) is 0 Å². The standard InChI is InChI=1S/C10H9Cl2N5O.C9H7Cl2N5O.BBr3/c1-18-4-2-5(7(12)6(11)3-4)8-9(13)15-10(14)17-16-8;10-5-2-3(17)1-4(6(5)11)7-8(12)14-9(13)16-15-7;2-1(3)4/h2-3H,1H3,(H4,13,14,15,17);1-2,17H,(H4,12,13,14,16);. The van der Waals surface area contributed by atoms with Crippen LogP contribution in [0.2, 0.25) is 20.1 Å². The first-order valence-corrected chi connectivity index (χ1v) is 14.2. The number of nitrogens with two attached hydrogens (primary N) is 4. The maximum atomic E-state index is 9.45. The fourth-order valence-corrected chi connectivity index (χ4v) is 3.51. The number of methoxy groups -OCH3 is 1. The molecule has 0 unspecified atom stereocenters. The molecule has 4 rings (SSSR count). The van der Waals surface area contributed by atoms with Crippen LogP contribution >= 0.6 is 93.7 Å². The van der Waals surface area contributed by atoms with Crippen LogP contribution in [0, 0.1) is 0 Å². The Morgan fingerprint density at radius 2 is 1.13 bits per heavy atom. The lowest BCUT2D eigenvalue weighted by Gasteiger charge is -2.09. The van der Waals surface area contributed by atoms with E-state index in [4.69, 9.17) is 74.1 Å². The Morgan fingerprint density at radius 1 is 0.718 bits per heavy atom. The number of hydrogen-bond donors (Lipinski definition) is 5. The molecule has 0 amide bonds. The van der Waals surface area contributed by atoms with Crippen molar-refractivity contribution >= 4 is 120 Å². The minimum atomic E-state index is -0.0626. The van der Waals surface area contributed by atoms with Crippen LogP contribution in [0.3, 0.4) is 0 Å². The van der Waals surface area contributed by atoms with Crippen molar-refractivity contribution in [2.45, 2.75) is 0 Å². The van der Waals surface area contributed by atoms with Crippen LogP contribution in [0.15, 0.2) is 24.3 Å². The van der Waals surface area contributed by atoms with Gasteiger partial charge in [-0.05, 0) is 12.1 Å². The van der Waals surface area contributed by atoms with E-state index in [0.29, 0.717) is 32.6 Å². The largest absolute Gasteiger partial charge is 0.508 e. The number of anilines is 4. The maximum Gasteiger partial charge on any atom is 0.369 e. The fourth-order valence-electron chi connectivity index (χ4n) is 2.69. The minimum Gasteiger partial charge on any atom is -0.508 e. The molecule has 12 nitrogen and oxygen atoms in total. The molecule has 9 N–H and O–H groups in total. The molecule has 0 aliphatic heterocycles. The monoisotopic (exact) mass is 804 g/mol. The van der Waals surface area contributed by atoms with Gasteiger partial charge >= 0.3 is 3.18 Å². The normalized spacial score (nSPS) is 10.1. The van der Waals surface area contributed by atoms with E-state index in [1.165, 1.54) is 19.2 Å². The van der Waals surface area contributed by atoms with E-state index in [9.17, 15) is 5.11 Å². The van der Waals surface area contributed by atoms with Crippen molar-refractivity contribution in [3.63, 3.8) is 0 Å². The number of hydrogen-bond acceptors (Lipinski definition) is 12. The summed E-state index contributed by atoms with van der Waals surface area (Å²) in [7, 11) is 1.51. The van der Waals surface area contributed by atoms with Crippen LogP contribution in [0.1, 0.15) is 0 Å². The zero-order valence-corrected chi connectivity index (χ0v) is 27.2. The van der Waals surface area contributed by atoms with Gasteiger partial charge in [-0.2, -0.15) is 9.97 Å². The second kappa shape index (κ2) is 15.1. The lowest BCUT2D eigenvalue weighted by molar-refractivity contribution is 0.415. The molecule has 2 aromatic carbocycles. The number of nitrogens with zero attached hydrogens (tertiary/aromatic N) is 6. The Labute approximate surface area is 267 Å². The smallest absolute Gasteiger partial charge is 0.369 e. The molecule has 0 aliphatic rings. The van der Waals surface area contributed by atoms with Crippen molar-refractivity contribution in [2.24, 2.45) is 0 Å². The van der Waals surface area contributed by atoms with Crippen LogP contribution in [0.25, 0.3) is 22.5 Å². The summed E-state index contributed by atoms with van der Waals surface area (Å²) in [5.41, 5.74) is 23.4. The second-order valence-corrected chi connectivity index (χ2v) is 14.8. The third-order valence-corrected chi connectivity index (χ3v) is 5.82. The lowest BCUT2D eigenvalue weighted by atomic mass is 10.1. The molecule has 4 aromatic rings. The first kappa shape index (κ1) is 33.1. The quantitative estimate of drug-likeness (QED) is 0.154. The highest BCUT2D eigenvalue weighted by Crippen LogP contribution is 2.39. The highest BCUT2D eigenvalue weighted by Gasteiger charge is 2.16. The second-order valence-electron chi connectivity index (χ2n) is 6.82. The molecule has 0 saturated heterocycles. The van der Waals surface area contributed by atoms with Crippen molar-refractivity contribution in [2.75, 3.05) is 30.0 Å². The predicted molar refractivity (Wildman–Crippen MR) is 169 cm³/mol.